The number of anilines is 1. The summed E-state index contributed by atoms with van der Waals surface area (Å²) in [5, 5.41) is 0. The van der Waals surface area contributed by atoms with Crippen LogP contribution in [0.3, 0.4) is 0 Å². The molecule has 0 N–H and O–H groups in total. The van der Waals surface area contributed by atoms with Crippen LogP contribution in [-0.4, -0.2) is 12.3 Å². The molecule has 0 radical (unpaired) electrons. The Balaban J connectivity index is 2.93. The first-order valence-corrected chi connectivity index (χ1v) is 4.26. The molecule has 0 aliphatic heterocycles. The molecule has 0 saturated carbocycles. The lowest BCUT2D eigenvalue weighted by molar-refractivity contribution is -0.118. The van der Waals surface area contributed by atoms with E-state index < -0.39 is 0 Å². The molecule has 2 amide bonds. The van der Waals surface area contributed by atoms with Gasteiger partial charge >= 0.3 is 0 Å². The number of hydrogen-bond donors (Lipinski definition) is 0. The molecule has 0 saturated heterocycles. The van der Waals surface area contributed by atoms with Crippen molar-refractivity contribution in [2.75, 3.05) is 4.90 Å². The van der Waals surface area contributed by atoms with Gasteiger partial charge in [-0.2, -0.15) is 0 Å². The lowest BCUT2D eigenvalue weighted by atomic mass is 10.3. The summed E-state index contributed by atoms with van der Waals surface area (Å²) < 4.78 is 0. The fourth-order valence-electron chi connectivity index (χ4n) is 1.05. The third-order valence-electron chi connectivity index (χ3n) is 1.69. The molecule has 0 unspecified atom stereocenters. The number of amides is 2. The first kappa shape index (κ1) is 10.2. The maximum absolute atomic E-state index is 11.4. The molecule has 0 heterocycles. The summed E-state index contributed by atoms with van der Waals surface area (Å²) in [4.78, 5) is 23.1. The second-order valence-corrected chi connectivity index (χ2v) is 2.65. The normalized spacial score (nSPS) is 10.1. The van der Waals surface area contributed by atoms with Crippen molar-refractivity contribution < 1.29 is 9.59 Å². The van der Waals surface area contributed by atoms with Crippen molar-refractivity contribution in [2.45, 2.75) is 6.92 Å². The SMILES string of the molecule is C/C=C\C(=O)N(C=O)c1ccccc1. The minimum atomic E-state index is -0.339. The molecule has 3 nitrogen and oxygen atoms in total. The number of benzene rings is 1. The number of carbonyl (C=O) groups excluding carboxylic acids is 2. The maximum Gasteiger partial charge on any atom is 0.257 e. The minimum Gasteiger partial charge on any atom is -0.278 e. The quantitative estimate of drug-likeness (QED) is 0.536. The lowest BCUT2D eigenvalue weighted by Crippen LogP contribution is -2.27. The van der Waals surface area contributed by atoms with E-state index >= 15 is 0 Å². The van der Waals surface area contributed by atoms with Crippen LogP contribution in [0, 0.1) is 0 Å². The van der Waals surface area contributed by atoms with E-state index in [4.69, 9.17) is 0 Å². The first-order chi connectivity index (χ1) is 6.79. The van der Waals surface area contributed by atoms with E-state index in [0.29, 0.717) is 12.1 Å². The molecule has 0 fully saturated rings. The van der Waals surface area contributed by atoms with Crippen molar-refractivity contribution in [1.29, 1.82) is 0 Å². The van der Waals surface area contributed by atoms with Crippen LogP contribution >= 0.6 is 0 Å². The Bertz CT molecular complexity index is 344. The van der Waals surface area contributed by atoms with E-state index in [-0.39, 0.29) is 5.91 Å². The molecule has 1 aromatic rings. The van der Waals surface area contributed by atoms with E-state index in [2.05, 4.69) is 0 Å². The summed E-state index contributed by atoms with van der Waals surface area (Å²) in [6, 6.07) is 8.78. The highest BCUT2D eigenvalue weighted by molar-refractivity contribution is 6.12. The average molecular weight is 189 g/mol. The molecule has 0 aliphatic carbocycles. The fourth-order valence-corrected chi connectivity index (χ4v) is 1.05. The molecule has 0 spiro atoms. The van der Waals surface area contributed by atoms with E-state index in [9.17, 15) is 9.59 Å². The lowest BCUT2D eigenvalue weighted by Gasteiger charge is -2.12. The second-order valence-electron chi connectivity index (χ2n) is 2.65. The van der Waals surface area contributed by atoms with Gasteiger partial charge in [0, 0.05) is 0 Å². The van der Waals surface area contributed by atoms with Crippen molar-refractivity contribution in [1.82, 2.24) is 0 Å². The third-order valence-corrected chi connectivity index (χ3v) is 1.69. The second kappa shape index (κ2) is 4.97. The molecule has 72 valence electrons. The summed E-state index contributed by atoms with van der Waals surface area (Å²) >= 11 is 0. The highest BCUT2D eigenvalue weighted by Gasteiger charge is 2.10. The van der Waals surface area contributed by atoms with Crippen LogP contribution in [0.5, 0.6) is 0 Å². The molecule has 0 aromatic heterocycles. The number of imide groups is 1. The van der Waals surface area contributed by atoms with Gasteiger partial charge in [-0.15, -0.1) is 0 Å². The molecule has 3 heteroatoms. The summed E-state index contributed by atoms with van der Waals surface area (Å²) in [5.41, 5.74) is 0.575. The van der Waals surface area contributed by atoms with Crippen molar-refractivity contribution in [3.8, 4) is 0 Å². The van der Waals surface area contributed by atoms with Gasteiger partial charge < -0.3 is 0 Å². The standard InChI is InChI=1S/C11H11NO2/c1-2-6-11(14)12(9-13)10-7-4-3-5-8-10/h2-9H,1H3/b6-2-. The monoisotopic (exact) mass is 189 g/mol. The summed E-state index contributed by atoms with van der Waals surface area (Å²) in [6.07, 6.45) is 3.46. The van der Waals surface area contributed by atoms with Gasteiger partial charge in [-0.1, -0.05) is 24.3 Å². The van der Waals surface area contributed by atoms with Crippen molar-refractivity contribution in [3.05, 3.63) is 42.5 Å². The summed E-state index contributed by atoms with van der Waals surface area (Å²) in [7, 11) is 0. The van der Waals surface area contributed by atoms with Gasteiger partial charge in [0.2, 0.25) is 6.41 Å². The molecule has 14 heavy (non-hydrogen) atoms. The van der Waals surface area contributed by atoms with Crippen LogP contribution in [0.2, 0.25) is 0 Å². The van der Waals surface area contributed by atoms with Gasteiger partial charge in [-0.05, 0) is 25.1 Å². The number of nitrogens with zero attached hydrogens (tertiary/aromatic N) is 1. The van der Waals surface area contributed by atoms with Gasteiger partial charge in [-0.25, -0.2) is 4.90 Å². The molecule has 0 atom stereocenters. The van der Waals surface area contributed by atoms with Gasteiger partial charge in [0.1, 0.15) is 0 Å². The number of para-hydroxylation sites is 1. The Morgan fingerprint density at radius 2 is 1.93 bits per heavy atom. The van der Waals surface area contributed by atoms with Crippen molar-refractivity contribution in [3.63, 3.8) is 0 Å². The van der Waals surface area contributed by atoms with Crippen molar-refractivity contribution >= 4 is 18.0 Å². The zero-order valence-electron chi connectivity index (χ0n) is 7.88. The largest absolute Gasteiger partial charge is 0.278 e. The van der Waals surface area contributed by atoms with Crippen LogP contribution in [-0.2, 0) is 9.59 Å². The molecular weight excluding hydrogens is 178 g/mol. The van der Waals surface area contributed by atoms with Gasteiger partial charge in [0.25, 0.3) is 5.91 Å². The topological polar surface area (TPSA) is 37.4 Å². The Morgan fingerprint density at radius 1 is 1.29 bits per heavy atom. The maximum atomic E-state index is 11.4. The van der Waals surface area contributed by atoms with Gasteiger partial charge in [-0.3, -0.25) is 9.59 Å². The predicted molar refractivity (Wildman–Crippen MR) is 54.8 cm³/mol. The average Bonchev–Trinajstić information content (AvgIpc) is 2.21. The Kier molecular flexibility index (Phi) is 3.61. The molecule has 0 bridgehead atoms. The van der Waals surface area contributed by atoms with E-state index in [0.717, 1.165) is 4.90 Å². The number of hydrogen-bond acceptors (Lipinski definition) is 2. The van der Waals surface area contributed by atoms with E-state index in [1.807, 2.05) is 6.07 Å². The summed E-state index contributed by atoms with van der Waals surface area (Å²) in [6.45, 7) is 1.73. The number of carbonyl (C=O) groups is 2. The fraction of sp³-hybridized carbons (Fsp3) is 0.0909. The zero-order valence-corrected chi connectivity index (χ0v) is 7.88. The van der Waals surface area contributed by atoms with Crippen LogP contribution < -0.4 is 4.90 Å². The molecule has 0 aliphatic rings. The number of allylic oxidation sites excluding steroid dienone is 1. The third kappa shape index (κ3) is 2.29. The van der Waals surface area contributed by atoms with Crippen LogP contribution in [0.25, 0.3) is 0 Å². The smallest absolute Gasteiger partial charge is 0.257 e. The zero-order chi connectivity index (χ0) is 10.4. The summed E-state index contributed by atoms with van der Waals surface area (Å²) in [5.74, 6) is -0.339. The van der Waals surface area contributed by atoms with Crippen molar-refractivity contribution in [2.24, 2.45) is 0 Å². The van der Waals surface area contributed by atoms with Gasteiger partial charge in [0.15, 0.2) is 0 Å². The Labute approximate surface area is 82.6 Å². The predicted octanol–water partition coefficient (Wildman–Crippen LogP) is 1.75. The molecule has 1 rings (SSSR count). The van der Waals surface area contributed by atoms with Crippen LogP contribution in [0.15, 0.2) is 42.5 Å². The van der Waals surface area contributed by atoms with Gasteiger partial charge in [0.05, 0.1) is 5.69 Å². The number of rotatable bonds is 3. The minimum absolute atomic E-state index is 0.339. The van der Waals surface area contributed by atoms with Crippen LogP contribution in [0.4, 0.5) is 5.69 Å². The molecular formula is C11H11NO2. The van der Waals surface area contributed by atoms with E-state index in [1.165, 1.54) is 6.08 Å². The Hall–Kier alpha value is -1.90. The molecule has 1 aromatic carbocycles. The highest BCUT2D eigenvalue weighted by Crippen LogP contribution is 2.11. The first-order valence-electron chi connectivity index (χ1n) is 4.26. The van der Waals surface area contributed by atoms with Crippen LogP contribution in [0.1, 0.15) is 6.92 Å². The van der Waals surface area contributed by atoms with E-state index in [1.54, 1.807) is 37.3 Å². The highest BCUT2D eigenvalue weighted by atomic mass is 16.2. The Morgan fingerprint density at radius 3 is 2.43 bits per heavy atom.